The number of hydrogen-bond acceptors (Lipinski definition) is 4. The predicted molar refractivity (Wildman–Crippen MR) is 109 cm³/mol. The van der Waals surface area contributed by atoms with Crippen LogP contribution in [0.15, 0.2) is 48.2 Å². The lowest BCUT2D eigenvalue weighted by Crippen LogP contribution is -2.34. The van der Waals surface area contributed by atoms with Crippen LogP contribution in [0.1, 0.15) is 29.5 Å². The van der Waals surface area contributed by atoms with Crippen LogP contribution in [0, 0.1) is 13.8 Å². The molecule has 0 bridgehead atoms. The van der Waals surface area contributed by atoms with Crippen LogP contribution in [0.4, 0.5) is 5.69 Å². The van der Waals surface area contributed by atoms with Crippen LogP contribution in [0.2, 0.25) is 0 Å². The lowest BCUT2D eigenvalue weighted by Gasteiger charge is -2.20. The number of aryl methyl sites for hydroxylation is 2. The average molecular weight is 376 g/mol. The number of imide groups is 1. The fourth-order valence-corrected chi connectivity index (χ4v) is 3.89. The fourth-order valence-electron chi connectivity index (χ4n) is 3.89. The summed E-state index contributed by atoms with van der Waals surface area (Å²) in [6, 6.07) is 13.0. The van der Waals surface area contributed by atoms with Crippen molar-refractivity contribution in [3.63, 3.8) is 0 Å². The summed E-state index contributed by atoms with van der Waals surface area (Å²) in [5, 5.41) is 0. The Balaban J connectivity index is 1.84. The molecule has 4 rings (SSSR count). The van der Waals surface area contributed by atoms with E-state index < -0.39 is 0 Å². The Bertz CT molecular complexity index is 987. The molecule has 5 nitrogen and oxygen atoms in total. The smallest absolute Gasteiger partial charge is 0.282 e. The molecule has 2 heterocycles. The first-order valence-corrected chi connectivity index (χ1v) is 9.61. The predicted octanol–water partition coefficient (Wildman–Crippen LogP) is 3.69. The molecule has 0 radical (unpaired) electrons. The van der Waals surface area contributed by atoms with E-state index in [4.69, 9.17) is 4.74 Å². The second-order valence-corrected chi connectivity index (χ2v) is 7.36. The number of carbonyl (C=O) groups excluding carboxylic acids is 2. The number of amides is 2. The third kappa shape index (κ3) is 2.97. The molecule has 0 saturated carbocycles. The number of anilines is 1. The highest BCUT2D eigenvalue weighted by Crippen LogP contribution is 2.37. The van der Waals surface area contributed by atoms with Crippen molar-refractivity contribution in [2.45, 2.75) is 26.7 Å². The van der Waals surface area contributed by atoms with Crippen molar-refractivity contribution < 1.29 is 14.3 Å². The van der Waals surface area contributed by atoms with Crippen molar-refractivity contribution in [2.75, 3.05) is 25.1 Å². The Morgan fingerprint density at radius 2 is 1.64 bits per heavy atom. The van der Waals surface area contributed by atoms with Crippen LogP contribution in [0.5, 0.6) is 5.75 Å². The largest absolute Gasteiger partial charge is 0.497 e. The molecule has 1 saturated heterocycles. The topological polar surface area (TPSA) is 49.9 Å². The molecule has 2 aromatic carbocycles. The highest BCUT2D eigenvalue weighted by atomic mass is 16.5. The van der Waals surface area contributed by atoms with Crippen molar-refractivity contribution in [1.82, 2.24) is 4.90 Å². The molecule has 2 aliphatic rings. The Kier molecular flexibility index (Phi) is 4.67. The van der Waals surface area contributed by atoms with Crippen LogP contribution >= 0.6 is 0 Å². The summed E-state index contributed by atoms with van der Waals surface area (Å²) in [5.74, 6) is 0.0808. The molecule has 2 aliphatic heterocycles. The van der Waals surface area contributed by atoms with E-state index in [0.717, 1.165) is 42.6 Å². The maximum absolute atomic E-state index is 13.5. The zero-order chi connectivity index (χ0) is 19.8. The number of rotatable bonds is 4. The molecular weight excluding hydrogens is 352 g/mol. The van der Waals surface area contributed by atoms with Crippen LogP contribution in [-0.2, 0) is 9.59 Å². The van der Waals surface area contributed by atoms with Gasteiger partial charge in [0, 0.05) is 19.2 Å². The Hall–Kier alpha value is -3.08. The molecule has 5 heteroatoms. The van der Waals surface area contributed by atoms with Crippen LogP contribution in [0.3, 0.4) is 0 Å². The van der Waals surface area contributed by atoms with Crippen LogP contribution in [0.25, 0.3) is 5.57 Å². The summed E-state index contributed by atoms with van der Waals surface area (Å²) < 4.78 is 5.28. The van der Waals surface area contributed by atoms with Crippen molar-refractivity contribution in [3.05, 3.63) is 64.9 Å². The highest BCUT2D eigenvalue weighted by Gasteiger charge is 2.43. The number of ether oxygens (including phenoxy) is 1. The first-order chi connectivity index (χ1) is 13.5. The molecule has 2 amide bonds. The number of carbonyl (C=O) groups is 2. The van der Waals surface area contributed by atoms with E-state index in [9.17, 15) is 9.59 Å². The number of methoxy groups -OCH3 is 1. The van der Waals surface area contributed by atoms with Gasteiger partial charge in [-0.15, -0.1) is 0 Å². The quantitative estimate of drug-likeness (QED) is 0.764. The molecule has 2 aromatic rings. The first-order valence-electron chi connectivity index (χ1n) is 9.61. The van der Waals surface area contributed by atoms with Gasteiger partial charge in [0.25, 0.3) is 11.8 Å². The summed E-state index contributed by atoms with van der Waals surface area (Å²) in [5.41, 5.74) is 4.62. The van der Waals surface area contributed by atoms with E-state index in [-0.39, 0.29) is 11.8 Å². The third-order valence-corrected chi connectivity index (χ3v) is 5.59. The molecule has 0 atom stereocenters. The Morgan fingerprint density at radius 3 is 2.32 bits per heavy atom. The molecule has 0 aliphatic carbocycles. The fraction of sp³-hybridized carbons (Fsp3) is 0.304. The van der Waals surface area contributed by atoms with Gasteiger partial charge >= 0.3 is 0 Å². The van der Waals surface area contributed by atoms with E-state index >= 15 is 0 Å². The molecule has 1 fully saturated rings. The molecule has 0 spiro atoms. The highest BCUT2D eigenvalue weighted by molar-refractivity contribution is 6.45. The Labute approximate surface area is 165 Å². The van der Waals surface area contributed by atoms with Crippen molar-refractivity contribution >= 4 is 23.1 Å². The van der Waals surface area contributed by atoms with E-state index in [1.807, 2.05) is 32.0 Å². The van der Waals surface area contributed by atoms with E-state index in [1.54, 1.807) is 31.4 Å². The van der Waals surface area contributed by atoms with E-state index in [1.165, 1.54) is 4.90 Å². The molecule has 0 N–H and O–H groups in total. The first kappa shape index (κ1) is 18.3. The lowest BCUT2D eigenvalue weighted by molar-refractivity contribution is -0.120. The number of benzene rings is 2. The summed E-state index contributed by atoms with van der Waals surface area (Å²) in [6.45, 7) is 5.67. The normalized spacial score (nSPS) is 17.1. The maximum atomic E-state index is 13.5. The molecule has 0 unspecified atom stereocenters. The summed E-state index contributed by atoms with van der Waals surface area (Å²) in [6.07, 6.45) is 2.06. The number of nitrogens with zero attached hydrogens (tertiary/aromatic N) is 2. The minimum absolute atomic E-state index is 0.256. The molecule has 144 valence electrons. The van der Waals surface area contributed by atoms with E-state index in [0.29, 0.717) is 22.7 Å². The molecule has 28 heavy (non-hydrogen) atoms. The van der Waals surface area contributed by atoms with Gasteiger partial charge in [0.2, 0.25) is 0 Å². The van der Waals surface area contributed by atoms with Crippen LogP contribution < -0.4 is 9.64 Å². The van der Waals surface area contributed by atoms with Crippen molar-refractivity contribution in [1.29, 1.82) is 0 Å². The minimum atomic E-state index is -0.275. The zero-order valence-corrected chi connectivity index (χ0v) is 16.5. The molecule has 0 aromatic heterocycles. The SMILES string of the molecule is COc1cccc(N2C(=O)C(c3ccc(C)c(C)c3)=C(N3CCCC3)C2=O)c1. The Morgan fingerprint density at radius 1 is 0.893 bits per heavy atom. The van der Waals surface area contributed by atoms with Gasteiger partial charge < -0.3 is 9.64 Å². The van der Waals surface area contributed by atoms with Gasteiger partial charge in [-0.05, 0) is 55.5 Å². The second-order valence-electron chi connectivity index (χ2n) is 7.36. The maximum Gasteiger partial charge on any atom is 0.282 e. The minimum Gasteiger partial charge on any atom is -0.497 e. The number of likely N-dealkylation sites (tertiary alicyclic amines) is 1. The van der Waals surface area contributed by atoms with Gasteiger partial charge in [-0.3, -0.25) is 9.59 Å². The standard InChI is InChI=1S/C23H24N2O3/c1-15-9-10-17(13-16(15)2)20-21(24-11-4-5-12-24)23(27)25(22(20)26)18-7-6-8-19(14-18)28-3/h6-10,13-14H,4-5,11-12H2,1-3H3. The summed E-state index contributed by atoms with van der Waals surface area (Å²) >= 11 is 0. The van der Waals surface area contributed by atoms with Gasteiger partial charge in [0.1, 0.15) is 11.4 Å². The van der Waals surface area contributed by atoms with Gasteiger partial charge in [-0.1, -0.05) is 24.3 Å². The van der Waals surface area contributed by atoms with E-state index in [2.05, 4.69) is 4.90 Å². The number of hydrogen-bond donors (Lipinski definition) is 0. The second kappa shape index (κ2) is 7.15. The van der Waals surface area contributed by atoms with Crippen molar-refractivity contribution in [3.8, 4) is 5.75 Å². The molecular formula is C23H24N2O3. The van der Waals surface area contributed by atoms with Crippen LogP contribution in [-0.4, -0.2) is 36.9 Å². The van der Waals surface area contributed by atoms with Gasteiger partial charge in [0.05, 0.1) is 18.4 Å². The summed E-state index contributed by atoms with van der Waals surface area (Å²) in [7, 11) is 1.57. The van der Waals surface area contributed by atoms with Gasteiger partial charge in [0.15, 0.2) is 0 Å². The zero-order valence-electron chi connectivity index (χ0n) is 16.5. The summed E-state index contributed by atoms with van der Waals surface area (Å²) in [4.78, 5) is 30.2. The third-order valence-electron chi connectivity index (χ3n) is 5.59. The van der Waals surface area contributed by atoms with Crippen molar-refractivity contribution in [2.24, 2.45) is 0 Å². The monoisotopic (exact) mass is 376 g/mol. The average Bonchev–Trinajstić information content (AvgIpc) is 3.30. The van der Waals surface area contributed by atoms with Gasteiger partial charge in [-0.25, -0.2) is 4.90 Å². The lowest BCUT2D eigenvalue weighted by atomic mass is 9.99. The van der Waals surface area contributed by atoms with Gasteiger partial charge in [-0.2, -0.15) is 0 Å².